The zero-order chi connectivity index (χ0) is 14.0. The predicted molar refractivity (Wildman–Crippen MR) is 84.7 cm³/mol. The molecule has 2 heterocycles. The van der Waals surface area contributed by atoms with E-state index in [0.717, 1.165) is 6.54 Å². The van der Waals surface area contributed by atoms with Gasteiger partial charge >= 0.3 is 0 Å². The Bertz CT molecular complexity index is 418. The number of benzene rings is 1. The lowest BCUT2D eigenvalue weighted by atomic mass is 9.77. The summed E-state index contributed by atoms with van der Waals surface area (Å²) in [7, 11) is 0. The van der Waals surface area contributed by atoms with Gasteiger partial charge in [-0.05, 0) is 63.7 Å². The molecule has 0 amide bonds. The minimum Gasteiger partial charge on any atom is -0.301 e. The zero-order valence-corrected chi connectivity index (χ0v) is 13.0. The highest BCUT2D eigenvalue weighted by molar-refractivity contribution is 5.15. The van der Waals surface area contributed by atoms with E-state index in [2.05, 4.69) is 54.0 Å². The van der Waals surface area contributed by atoms with Crippen molar-refractivity contribution < 1.29 is 0 Å². The first-order valence-corrected chi connectivity index (χ1v) is 8.17. The van der Waals surface area contributed by atoms with E-state index in [-0.39, 0.29) is 0 Å². The van der Waals surface area contributed by atoms with Crippen molar-refractivity contribution in [2.24, 2.45) is 5.41 Å². The van der Waals surface area contributed by atoms with Crippen LogP contribution in [0.2, 0.25) is 0 Å². The van der Waals surface area contributed by atoms with Crippen LogP contribution in [0, 0.1) is 5.41 Å². The van der Waals surface area contributed by atoms with E-state index in [0.29, 0.717) is 11.5 Å². The van der Waals surface area contributed by atoms with Crippen LogP contribution >= 0.6 is 0 Å². The van der Waals surface area contributed by atoms with E-state index in [9.17, 15) is 0 Å². The second-order valence-electron chi connectivity index (χ2n) is 7.08. The topological polar surface area (TPSA) is 6.48 Å². The Kier molecular flexibility index (Phi) is 4.13. The lowest BCUT2D eigenvalue weighted by Crippen LogP contribution is -2.44. The molecule has 0 unspecified atom stereocenters. The average molecular weight is 272 g/mol. The standard InChI is InChI=1S/C18H28N2/c1-16(2)20-12-9-18(10-13-20)8-11-19(15-18)14-17-6-4-3-5-7-17/h3-7,16H,8-15H2,1-2H3. The van der Waals surface area contributed by atoms with Crippen LogP contribution in [0.1, 0.15) is 38.7 Å². The van der Waals surface area contributed by atoms with Gasteiger partial charge in [0.05, 0.1) is 0 Å². The fourth-order valence-electron chi connectivity index (χ4n) is 3.93. The first-order chi connectivity index (χ1) is 9.67. The van der Waals surface area contributed by atoms with Crippen molar-refractivity contribution >= 4 is 0 Å². The van der Waals surface area contributed by atoms with Gasteiger partial charge in [0.25, 0.3) is 0 Å². The molecular formula is C18H28N2. The highest BCUT2D eigenvalue weighted by Gasteiger charge is 2.40. The molecule has 1 aromatic rings. The Hall–Kier alpha value is -0.860. The summed E-state index contributed by atoms with van der Waals surface area (Å²) in [5.74, 6) is 0. The Balaban J connectivity index is 1.55. The number of hydrogen-bond acceptors (Lipinski definition) is 2. The molecule has 2 nitrogen and oxygen atoms in total. The molecule has 2 saturated heterocycles. The van der Waals surface area contributed by atoms with Crippen molar-refractivity contribution in [3.8, 4) is 0 Å². The summed E-state index contributed by atoms with van der Waals surface area (Å²) in [6.45, 7) is 11.0. The summed E-state index contributed by atoms with van der Waals surface area (Å²) in [5.41, 5.74) is 2.09. The molecule has 0 atom stereocenters. The molecule has 1 aromatic carbocycles. The maximum Gasteiger partial charge on any atom is 0.0233 e. The molecule has 2 aliphatic heterocycles. The first kappa shape index (κ1) is 14.1. The Morgan fingerprint density at radius 2 is 1.65 bits per heavy atom. The van der Waals surface area contributed by atoms with Crippen LogP contribution in [0.3, 0.4) is 0 Å². The Labute approximate surface area is 123 Å². The second-order valence-corrected chi connectivity index (χ2v) is 7.08. The van der Waals surface area contributed by atoms with Crippen molar-refractivity contribution in [1.29, 1.82) is 0 Å². The third-order valence-corrected chi connectivity index (χ3v) is 5.36. The highest BCUT2D eigenvalue weighted by atomic mass is 15.2. The van der Waals surface area contributed by atoms with Gasteiger partial charge in [-0.1, -0.05) is 30.3 Å². The smallest absolute Gasteiger partial charge is 0.0233 e. The van der Waals surface area contributed by atoms with E-state index in [1.54, 1.807) is 0 Å². The molecule has 1 spiro atoms. The molecule has 110 valence electrons. The summed E-state index contributed by atoms with van der Waals surface area (Å²) in [4.78, 5) is 5.31. The van der Waals surface area contributed by atoms with Crippen molar-refractivity contribution in [3.05, 3.63) is 35.9 Å². The minimum atomic E-state index is 0.625. The highest BCUT2D eigenvalue weighted by Crippen LogP contribution is 2.41. The van der Waals surface area contributed by atoms with Gasteiger partial charge in [0.15, 0.2) is 0 Å². The molecule has 0 bridgehead atoms. The van der Waals surface area contributed by atoms with Crippen molar-refractivity contribution in [3.63, 3.8) is 0 Å². The van der Waals surface area contributed by atoms with E-state index in [1.165, 1.54) is 51.0 Å². The summed E-state index contributed by atoms with van der Waals surface area (Å²) in [6.07, 6.45) is 4.21. The number of hydrogen-bond donors (Lipinski definition) is 0. The van der Waals surface area contributed by atoms with E-state index in [1.807, 2.05) is 0 Å². The summed E-state index contributed by atoms with van der Waals surface area (Å²) in [5, 5.41) is 0. The van der Waals surface area contributed by atoms with Crippen LogP contribution in [0.5, 0.6) is 0 Å². The van der Waals surface area contributed by atoms with Gasteiger partial charge in [0.2, 0.25) is 0 Å². The molecule has 2 aliphatic rings. The third-order valence-electron chi connectivity index (χ3n) is 5.36. The molecule has 20 heavy (non-hydrogen) atoms. The van der Waals surface area contributed by atoms with Gasteiger partial charge in [0, 0.05) is 19.1 Å². The molecule has 2 heteroatoms. The van der Waals surface area contributed by atoms with Crippen molar-refractivity contribution in [1.82, 2.24) is 9.80 Å². The normalized spacial score (nSPS) is 23.8. The molecule has 0 saturated carbocycles. The fourth-order valence-corrected chi connectivity index (χ4v) is 3.93. The molecular weight excluding hydrogens is 244 g/mol. The molecule has 2 fully saturated rings. The van der Waals surface area contributed by atoms with E-state index >= 15 is 0 Å². The van der Waals surface area contributed by atoms with Crippen LogP contribution in [-0.2, 0) is 6.54 Å². The molecule has 0 aromatic heterocycles. The monoisotopic (exact) mass is 272 g/mol. The molecule has 0 radical (unpaired) electrons. The number of nitrogens with zero attached hydrogens (tertiary/aromatic N) is 2. The maximum absolute atomic E-state index is 2.67. The van der Waals surface area contributed by atoms with Gasteiger partial charge in [-0.2, -0.15) is 0 Å². The summed E-state index contributed by atoms with van der Waals surface area (Å²) < 4.78 is 0. The van der Waals surface area contributed by atoms with Gasteiger partial charge in [-0.15, -0.1) is 0 Å². The quantitative estimate of drug-likeness (QED) is 0.832. The molecule has 0 N–H and O–H groups in total. The number of piperidine rings is 1. The zero-order valence-electron chi connectivity index (χ0n) is 13.0. The Morgan fingerprint density at radius 3 is 2.30 bits per heavy atom. The maximum atomic E-state index is 2.67. The van der Waals surface area contributed by atoms with Gasteiger partial charge in [-0.25, -0.2) is 0 Å². The van der Waals surface area contributed by atoms with Crippen molar-refractivity contribution in [2.45, 2.75) is 45.7 Å². The minimum absolute atomic E-state index is 0.625. The average Bonchev–Trinajstić information content (AvgIpc) is 2.83. The largest absolute Gasteiger partial charge is 0.301 e. The lowest BCUT2D eigenvalue weighted by molar-refractivity contribution is 0.0863. The van der Waals surface area contributed by atoms with Crippen LogP contribution < -0.4 is 0 Å². The third kappa shape index (κ3) is 3.07. The summed E-state index contributed by atoms with van der Waals surface area (Å²) in [6, 6.07) is 11.6. The predicted octanol–water partition coefficient (Wildman–Crippen LogP) is 3.38. The van der Waals surface area contributed by atoms with Gasteiger partial charge < -0.3 is 4.90 Å². The van der Waals surface area contributed by atoms with Crippen LogP contribution in [0.15, 0.2) is 30.3 Å². The van der Waals surface area contributed by atoms with Gasteiger partial charge in [-0.3, -0.25) is 4.90 Å². The van der Waals surface area contributed by atoms with E-state index < -0.39 is 0 Å². The fraction of sp³-hybridized carbons (Fsp3) is 0.667. The number of likely N-dealkylation sites (tertiary alicyclic amines) is 2. The second kappa shape index (κ2) is 5.87. The van der Waals surface area contributed by atoms with E-state index in [4.69, 9.17) is 0 Å². The van der Waals surface area contributed by atoms with Crippen LogP contribution in [0.4, 0.5) is 0 Å². The van der Waals surface area contributed by atoms with Gasteiger partial charge in [0.1, 0.15) is 0 Å². The first-order valence-electron chi connectivity index (χ1n) is 8.17. The lowest BCUT2D eigenvalue weighted by Gasteiger charge is -2.41. The van der Waals surface area contributed by atoms with Crippen molar-refractivity contribution in [2.75, 3.05) is 26.2 Å². The summed E-state index contributed by atoms with van der Waals surface area (Å²) >= 11 is 0. The number of rotatable bonds is 3. The molecule has 0 aliphatic carbocycles. The van der Waals surface area contributed by atoms with Crippen LogP contribution in [-0.4, -0.2) is 42.0 Å². The SMILES string of the molecule is CC(C)N1CCC2(CCN(Cc3ccccc3)C2)CC1. The Morgan fingerprint density at radius 1 is 1.00 bits per heavy atom. The van der Waals surface area contributed by atoms with Crippen LogP contribution in [0.25, 0.3) is 0 Å². The molecule has 3 rings (SSSR count).